The van der Waals surface area contributed by atoms with Gasteiger partial charge in [0.25, 0.3) is 0 Å². The topological polar surface area (TPSA) is 131 Å². The Balaban J connectivity index is 0.000000385. The molecule has 0 bridgehead atoms. The summed E-state index contributed by atoms with van der Waals surface area (Å²) >= 11 is 0. The normalized spacial score (nSPS) is 12.1. The van der Waals surface area contributed by atoms with E-state index in [2.05, 4.69) is 77.6 Å². The number of nitrogens with one attached hydrogen (secondary N) is 3. The number of alkyl halides is 6. The Bertz CT molecular complexity index is 2170. The summed E-state index contributed by atoms with van der Waals surface area (Å²) in [6.45, 7) is 13.6. The van der Waals surface area contributed by atoms with Gasteiger partial charge < -0.3 is 10.1 Å². The maximum atomic E-state index is 13.4. The molecule has 2 amide bonds. The number of unbranched alkanes of at least 4 members (excludes halogenated alkanes) is 5. The molecule has 0 aliphatic heterocycles. The van der Waals surface area contributed by atoms with Crippen LogP contribution in [0.1, 0.15) is 114 Å². The van der Waals surface area contributed by atoms with Gasteiger partial charge in [-0.25, -0.2) is 24.7 Å². The molecule has 2 heterocycles. The van der Waals surface area contributed by atoms with Gasteiger partial charge in [0.05, 0.1) is 23.3 Å². The lowest BCUT2D eigenvalue weighted by Gasteiger charge is -2.33. The Hall–Kier alpha value is -5.54. The predicted octanol–water partition coefficient (Wildman–Crippen LogP) is 11.7. The van der Waals surface area contributed by atoms with Crippen LogP contribution in [0.2, 0.25) is 0 Å². The number of halogens is 6. The van der Waals surface area contributed by atoms with Crippen LogP contribution in [0, 0.1) is 5.41 Å². The lowest BCUT2D eigenvalue weighted by atomic mass is 9.72. The van der Waals surface area contributed by atoms with Crippen molar-refractivity contribution in [2.45, 2.75) is 104 Å². The highest BCUT2D eigenvalue weighted by Gasteiger charge is 2.36. The average molecular weight is 814 g/mol. The van der Waals surface area contributed by atoms with Crippen molar-refractivity contribution >= 4 is 45.6 Å². The summed E-state index contributed by atoms with van der Waals surface area (Å²) in [5.41, 5.74) is 6.32. The number of fused-ring (bicyclic) bond motifs is 2. The van der Waals surface area contributed by atoms with Gasteiger partial charge in [0.15, 0.2) is 12.1 Å². The fourth-order valence-corrected chi connectivity index (χ4v) is 6.55. The number of benzene rings is 3. The number of anilines is 2. The molecule has 0 fully saturated rings. The number of carbonyl (C=O) groups is 2. The number of hydrogen-bond donors (Lipinski definition) is 3. The van der Waals surface area contributed by atoms with Gasteiger partial charge in [-0.1, -0.05) is 110 Å². The Morgan fingerprint density at radius 3 is 1.90 bits per heavy atom. The zero-order valence-corrected chi connectivity index (χ0v) is 33.4. The largest absolute Gasteiger partial charge is 0.491 e. The Morgan fingerprint density at radius 2 is 1.29 bits per heavy atom. The van der Waals surface area contributed by atoms with Crippen LogP contribution in [0.3, 0.4) is 0 Å². The number of aromatic nitrogens is 4. The van der Waals surface area contributed by atoms with Crippen molar-refractivity contribution < 1.29 is 40.7 Å². The molecule has 312 valence electrons. The summed E-state index contributed by atoms with van der Waals surface area (Å²) < 4.78 is 83.5. The molecule has 2 aromatic heterocycles. The average Bonchev–Trinajstić information content (AvgIpc) is 3.15. The van der Waals surface area contributed by atoms with Gasteiger partial charge in [0.1, 0.15) is 11.4 Å². The van der Waals surface area contributed by atoms with Crippen molar-refractivity contribution in [3.05, 3.63) is 89.6 Å². The van der Waals surface area contributed by atoms with Gasteiger partial charge in [-0.05, 0) is 59.6 Å². The van der Waals surface area contributed by atoms with Crippen LogP contribution in [-0.2, 0) is 17.8 Å². The van der Waals surface area contributed by atoms with E-state index >= 15 is 0 Å². The molecule has 0 aliphatic carbocycles. The molecule has 0 atom stereocenters. The number of rotatable bonds is 14. The third kappa shape index (κ3) is 13.0. The molecule has 0 saturated heterocycles. The van der Waals surface area contributed by atoms with Gasteiger partial charge >= 0.3 is 18.4 Å². The summed E-state index contributed by atoms with van der Waals surface area (Å²) in [6.07, 6.45) is -1.44. The van der Waals surface area contributed by atoms with E-state index in [4.69, 9.17) is 4.74 Å². The van der Waals surface area contributed by atoms with Gasteiger partial charge in [-0.2, -0.15) is 26.3 Å². The maximum Gasteiger partial charge on any atom is 0.451 e. The molecule has 3 aromatic carbocycles. The predicted molar refractivity (Wildman–Crippen MR) is 213 cm³/mol. The van der Waals surface area contributed by atoms with E-state index in [0.717, 1.165) is 31.2 Å². The van der Waals surface area contributed by atoms with Crippen LogP contribution in [-0.4, -0.2) is 38.9 Å². The Labute approximate surface area is 333 Å². The number of hydrazine groups is 1. The summed E-state index contributed by atoms with van der Waals surface area (Å²) in [5.74, 6) is -2.23. The second kappa shape index (κ2) is 19.3. The molecular weight excluding hydrogens is 764 g/mol. The number of nitrogens with zero attached hydrogens (tertiary/aromatic N) is 4. The molecule has 10 nitrogen and oxygen atoms in total. The third-order valence-electron chi connectivity index (χ3n) is 8.89. The number of urea groups is 1. The highest BCUT2D eigenvalue weighted by Crippen LogP contribution is 2.39. The molecule has 0 unspecified atom stereocenters. The van der Waals surface area contributed by atoms with Crippen molar-refractivity contribution in [1.29, 1.82) is 0 Å². The summed E-state index contributed by atoms with van der Waals surface area (Å²) in [7, 11) is 0. The molecule has 0 aliphatic rings. The number of carbonyl (C=O) groups excluding carboxylic acids is 2. The zero-order valence-electron chi connectivity index (χ0n) is 33.4. The molecule has 0 saturated carbocycles. The van der Waals surface area contributed by atoms with Crippen LogP contribution in [0.4, 0.5) is 42.6 Å². The SMILES string of the molecule is CCCCCCCCOc1ccc(C(C)(C)CC(C)(C)C)cc1NC(=O)NNc1nc(C(F)(F)F)nc2ccccc12.O=Cc1nc(C(F)(F)F)nc2ccccc12. The maximum absolute atomic E-state index is 13.4. The summed E-state index contributed by atoms with van der Waals surface area (Å²) in [6, 6.07) is 17.4. The van der Waals surface area contributed by atoms with Crippen LogP contribution in [0.5, 0.6) is 5.75 Å². The summed E-state index contributed by atoms with van der Waals surface area (Å²) in [4.78, 5) is 37.4. The standard InChI is InChI=1S/C32H44F3N5O2.C10H5F3N2O/c1-7-8-9-10-11-14-19-42-26-18-17-22(31(5,6)21-30(2,3)4)20-25(26)37-29(41)40-39-27-23-15-12-13-16-24(23)36-28(38-27)32(33,34)35;11-10(12,13)9-14-7-4-2-1-3-6(7)8(5-16)15-9/h12-13,15-18,20H,7-11,14,19,21H2,1-6H3,(H,36,38,39)(H2,37,40,41);1-5H. The van der Waals surface area contributed by atoms with E-state index in [-0.39, 0.29) is 33.4 Å². The first kappa shape index (κ1) is 45.2. The van der Waals surface area contributed by atoms with Crippen LogP contribution >= 0.6 is 0 Å². The number of para-hydroxylation sites is 2. The number of amides is 2. The molecule has 58 heavy (non-hydrogen) atoms. The molecule has 3 N–H and O–H groups in total. The van der Waals surface area contributed by atoms with E-state index in [1.807, 2.05) is 18.2 Å². The number of ether oxygens (including phenoxy) is 1. The minimum atomic E-state index is -4.74. The van der Waals surface area contributed by atoms with Gasteiger partial charge in [0.2, 0.25) is 11.6 Å². The van der Waals surface area contributed by atoms with Crippen LogP contribution in [0.15, 0.2) is 66.7 Å². The first-order valence-corrected chi connectivity index (χ1v) is 19.0. The van der Waals surface area contributed by atoms with Crippen LogP contribution < -0.4 is 20.9 Å². The summed E-state index contributed by atoms with van der Waals surface area (Å²) in [5, 5.41) is 3.46. The van der Waals surface area contributed by atoms with Crippen molar-refractivity contribution in [2.24, 2.45) is 5.41 Å². The second-order valence-corrected chi connectivity index (χ2v) is 15.6. The van der Waals surface area contributed by atoms with Gasteiger partial charge in [0, 0.05) is 10.8 Å². The zero-order chi connectivity index (χ0) is 42.7. The Morgan fingerprint density at radius 1 is 0.724 bits per heavy atom. The van der Waals surface area contributed by atoms with Crippen molar-refractivity contribution in [3.8, 4) is 5.75 Å². The first-order chi connectivity index (χ1) is 27.2. The van der Waals surface area contributed by atoms with Gasteiger partial charge in [-0.15, -0.1) is 0 Å². The van der Waals surface area contributed by atoms with E-state index in [0.29, 0.717) is 35.1 Å². The molecular formula is C42H49F6N7O3. The fraction of sp³-hybridized carbons (Fsp3) is 0.429. The molecule has 0 spiro atoms. The lowest BCUT2D eigenvalue weighted by molar-refractivity contribution is -0.145. The van der Waals surface area contributed by atoms with E-state index in [1.54, 1.807) is 30.3 Å². The van der Waals surface area contributed by atoms with E-state index in [9.17, 15) is 35.9 Å². The van der Waals surface area contributed by atoms with Crippen molar-refractivity contribution in [1.82, 2.24) is 25.4 Å². The minimum Gasteiger partial charge on any atom is -0.491 e. The first-order valence-electron chi connectivity index (χ1n) is 19.0. The number of aldehydes is 1. The quantitative estimate of drug-likeness (QED) is 0.0437. The van der Waals surface area contributed by atoms with Crippen molar-refractivity contribution in [3.63, 3.8) is 0 Å². The lowest BCUT2D eigenvalue weighted by Crippen LogP contribution is -2.34. The molecule has 0 radical (unpaired) electrons. The monoisotopic (exact) mass is 813 g/mol. The molecule has 5 rings (SSSR count). The van der Waals surface area contributed by atoms with Crippen molar-refractivity contribution in [2.75, 3.05) is 17.3 Å². The molecule has 5 aromatic rings. The Kier molecular flexibility index (Phi) is 15.0. The molecule has 16 heteroatoms. The highest BCUT2D eigenvalue weighted by atomic mass is 19.4. The fourth-order valence-electron chi connectivity index (χ4n) is 6.55. The van der Waals surface area contributed by atoms with E-state index < -0.39 is 30.0 Å². The highest BCUT2D eigenvalue weighted by molar-refractivity contribution is 5.95. The van der Waals surface area contributed by atoms with E-state index in [1.165, 1.54) is 37.5 Å². The second-order valence-electron chi connectivity index (χ2n) is 15.6. The van der Waals surface area contributed by atoms with Crippen LogP contribution in [0.25, 0.3) is 21.8 Å². The number of hydrogen-bond acceptors (Lipinski definition) is 8. The van der Waals surface area contributed by atoms with Gasteiger partial charge in [-0.3, -0.25) is 15.6 Å². The smallest absolute Gasteiger partial charge is 0.451 e. The minimum absolute atomic E-state index is 0.0842. The third-order valence-corrected chi connectivity index (χ3v) is 8.89.